The molecule has 3 rings (SSSR count). The van der Waals surface area contributed by atoms with Gasteiger partial charge >= 0.3 is 7.80 Å². The van der Waals surface area contributed by atoms with E-state index >= 15 is 0 Å². The number of rotatable bonds is 1. The minimum atomic E-state index is -2.47. The van der Waals surface area contributed by atoms with E-state index in [1.165, 1.54) is 11.1 Å². The monoisotopic (exact) mass is 270 g/mol. The number of hydrogen-bond donors (Lipinski definition) is 0. The summed E-state index contributed by atoms with van der Waals surface area (Å²) in [7, 11) is 0.0489. The number of fused-ring (bicyclic) bond motifs is 5. The fourth-order valence-electron chi connectivity index (χ4n) is 3.73. The van der Waals surface area contributed by atoms with Gasteiger partial charge in [0, 0.05) is 5.92 Å². The standard InChI is InChI=1S/C12H18NO2P2/c1-7-5-9-12-10(11(7)16(9)14)8(2)6-17(12,15)13(3)4/h5-6,9-12H,1-4H3/q+1/t9-,10+,11+,12-,17?/m0/s1. The predicted molar refractivity (Wildman–Crippen MR) is 71.3 cm³/mol. The molecule has 92 valence electrons. The third kappa shape index (κ3) is 1.26. The zero-order valence-corrected chi connectivity index (χ0v) is 12.4. The molecule has 0 aromatic carbocycles. The van der Waals surface area contributed by atoms with Crippen molar-refractivity contribution in [3.8, 4) is 0 Å². The molecule has 0 radical (unpaired) electrons. The molecule has 0 amide bonds. The summed E-state index contributed by atoms with van der Waals surface area (Å²) >= 11 is 0. The SMILES string of the molecule is CC1=CP(=O)(N(C)C)[C@@H]2[C@H]1[C@H]1C(C)=C[C@@H]2[P+]1=O. The van der Waals surface area contributed by atoms with Gasteiger partial charge in [-0.25, -0.2) is 0 Å². The van der Waals surface area contributed by atoms with Crippen molar-refractivity contribution in [1.29, 1.82) is 0 Å². The Labute approximate surface area is 103 Å². The van der Waals surface area contributed by atoms with E-state index in [9.17, 15) is 9.13 Å². The van der Waals surface area contributed by atoms with Crippen molar-refractivity contribution in [2.24, 2.45) is 5.92 Å². The second-order valence-corrected chi connectivity index (χ2v) is 10.5. The Hall–Kier alpha value is -0.230. The van der Waals surface area contributed by atoms with E-state index in [0.29, 0.717) is 0 Å². The van der Waals surface area contributed by atoms with Crippen LogP contribution in [-0.2, 0) is 9.13 Å². The van der Waals surface area contributed by atoms with E-state index in [4.69, 9.17) is 0 Å². The van der Waals surface area contributed by atoms with Crippen molar-refractivity contribution >= 4 is 15.1 Å². The summed E-state index contributed by atoms with van der Waals surface area (Å²) in [4.78, 5) is 0. The highest BCUT2D eigenvalue weighted by molar-refractivity contribution is 7.67. The van der Waals surface area contributed by atoms with Crippen LogP contribution in [0.5, 0.6) is 0 Å². The molecule has 5 heteroatoms. The average Bonchev–Trinajstić information content (AvgIpc) is 2.76. The summed E-state index contributed by atoms with van der Waals surface area (Å²) in [5.41, 5.74) is 2.72. The van der Waals surface area contributed by atoms with E-state index in [2.05, 4.69) is 19.9 Å². The van der Waals surface area contributed by atoms with Gasteiger partial charge in [0.1, 0.15) is 0 Å². The second kappa shape index (κ2) is 3.41. The molecule has 3 nitrogen and oxygen atoms in total. The fourth-order valence-corrected chi connectivity index (χ4v) is 10.4. The van der Waals surface area contributed by atoms with Gasteiger partial charge < -0.3 is 4.57 Å². The van der Waals surface area contributed by atoms with Crippen LogP contribution in [0.25, 0.3) is 0 Å². The highest BCUT2D eigenvalue weighted by Gasteiger charge is 2.70. The van der Waals surface area contributed by atoms with Crippen LogP contribution in [0.2, 0.25) is 0 Å². The zero-order valence-electron chi connectivity index (χ0n) is 10.6. The number of hydrogen-bond acceptors (Lipinski definition) is 2. The molecule has 6 atom stereocenters. The molecule has 0 N–H and O–H groups in total. The van der Waals surface area contributed by atoms with Crippen LogP contribution < -0.4 is 0 Å². The van der Waals surface area contributed by atoms with Crippen molar-refractivity contribution in [3.05, 3.63) is 23.0 Å². The van der Waals surface area contributed by atoms with Gasteiger partial charge in [0.15, 0.2) is 18.6 Å². The molecule has 0 aliphatic carbocycles. The van der Waals surface area contributed by atoms with Crippen molar-refractivity contribution < 1.29 is 9.13 Å². The zero-order chi connectivity index (χ0) is 12.5. The van der Waals surface area contributed by atoms with Gasteiger partial charge in [0.05, 0.1) is 5.66 Å². The van der Waals surface area contributed by atoms with Gasteiger partial charge in [-0.05, 0) is 45.4 Å². The van der Waals surface area contributed by atoms with Crippen LogP contribution in [0.3, 0.4) is 0 Å². The van der Waals surface area contributed by atoms with Crippen molar-refractivity contribution in [2.75, 3.05) is 14.1 Å². The Morgan fingerprint density at radius 1 is 1.29 bits per heavy atom. The smallest absolute Gasteiger partial charge is 0.302 e. The maximum Gasteiger partial charge on any atom is 0.355 e. The predicted octanol–water partition coefficient (Wildman–Crippen LogP) is 3.27. The van der Waals surface area contributed by atoms with Gasteiger partial charge in [-0.15, -0.1) is 0 Å². The van der Waals surface area contributed by atoms with Crippen molar-refractivity contribution in [1.82, 2.24) is 4.67 Å². The van der Waals surface area contributed by atoms with E-state index in [1.807, 2.05) is 24.6 Å². The van der Waals surface area contributed by atoms with E-state index in [-0.39, 0.29) is 22.9 Å². The van der Waals surface area contributed by atoms with Gasteiger partial charge in [-0.1, -0.05) is 10.1 Å². The van der Waals surface area contributed by atoms with Gasteiger partial charge in [0.2, 0.25) is 0 Å². The van der Waals surface area contributed by atoms with E-state index < -0.39 is 15.1 Å². The lowest BCUT2D eigenvalue weighted by Crippen LogP contribution is -2.31. The Morgan fingerprint density at radius 3 is 2.53 bits per heavy atom. The van der Waals surface area contributed by atoms with Crippen LogP contribution in [0, 0.1) is 5.92 Å². The molecular formula is C12H18NO2P2+. The molecule has 0 spiro atoms. The van der Waals surface area contributed by atoms with Gasteiger partial charge in [0.25, 0.3) is 0 Å². The van der Waals surface area contributed by atoms with Crippen LogP contribution >= 0.6 is 15.1 Å². The number of allylic oxidation sites excluding steroid dienone is 3. The lowest BCUT2D eigenvalue weighted by atomic mass is 9.85. The Bertz CT molecular complexity index is 521. The van der Waals surface area contributed by atoms with Crippen molar-refractivity contribution in [2.45, 2.75) is 30.8 Å². The molecule has 2 unspecified atom stereocenters. The first-order chi connectivity index (χ1) is 7.88. The molecule has 3 heterocycles. The molecule has 2 bridgehead atoms. The Balaban J connectivity index is 2.15. The summed E-state index contributed by atoms with van der Waals surface area (Å²) in [6.07, 6.45) is 2.12. The molecule has 0 saturated carbocycles. The summed E-state index contributed by atoms with van der Waals surface area (Å²) in [5, 5.41) is 0. The van der Waals surface area contributed by atoms with Crippen molar-refractivity contribution in [3.63, 3.8) is 0 Å². The molecule has 3 aliphatic heterocycles. The second-order valence-electron chi connectivity index (χ2n) is 5.62. The third-order valence-electron chi connectivity index (χ3n) is 4.49. The normalized spacial score (nSPS) is 49.6. The summed E-state index contributed by atoms with van der Waals surface area (Å²) < 4.78 is 27.3. The first kappa shape index (κ1) is 11.8. The van der Waals surface area contributed by atoms with Gasteiger partial charge in [-0.2, -0.15) is 0 Å². The maximum absolute atomic E-state index is 13.1. The van der Waals surface area contributed by atoms with E-state index in [0.717, 1.165) is 0 Å². The van der Waals surface area contributed by atoms with E-state index in [1.54, 1.807) is 0 Å². The maximum atomic E-state index is 13.1. The molecular weight excluding hydrogens is 252 g/mol. The lowest BCUT2D eigenvalue weighted by molar-refractivity contribution is 0.493. The lowest BCUT2D eigenvalue weighted by Gasteiger charge is -2.27. The molecule has 0 aromatic rings. The molecule has 3 aliphatic rings. The summed E-state index contributed by atoms with van der Waals surface area (Å²) in [6.45, 7) is 4.12. The topological polar surface area (TPSA) is 37.4 Å². The highest BCUT2D eigenvalue weighted by atomic mass is 31.2. The van der Waals surface area contributed by atoms with Crippen LogP contribution in [0.1, 0.15) is 13.8 Å². The fraction of sp³-hybridized carbons (Fsp3) is 0.667. The minimum absolute atomic E-state index is 0.0435. The Kier molecular flexibility index (Phi) is 2.37. The number of nitrogens with zero attached hydrogens (tertiary/aromatic N) is 1. The quantitative estimate of drug-likeness (QED) is 0.542. The summed E-state index contributed by atoms with van der Waals surface area (Å²) in [6, 6.07) is 0. The van der Waals surface area contributed by atoms with Crippen LogP contribution in [-0.4, -0.2) is 35.7 Å². The molecule has 0 aromatic heterocycles. The largest absolute Gasteiger partial charge is 0.355 e. The molecule has 1 fully saturated rings. The minimum Gasteiger partial charge on any atom is -0.302 e. The highest BCUT2D eigenvalue weighted by Crippen LogP contribution is 2.76. The molecule has 1 saturated heterocycles. The Morgan fingerprint density at radius 2 is 1.94 bits per heavy atom. The molecule has 17 heavy (non-hydrogen) atoms. The average molecular weight is 270 g/mol. The van der Waals surface area contributed by atoms with Crippen LogP contribution in [0.15, 0.2) is 23.0 Å². The third-order valence-corrected chi connectivity index (χ3v) is 10.6. The van der Waals surface area contributed by atoms with Crippen LogP contribution in [0.4, 0.5) is 0 Å². The van der Waals surface area contributed by atoms with Gasteiger partial charge in [-0.3, -0.25) is 4.67 Å². The summed E-state index contributed by atoms with van der Waals surface area (Å²) in [5.74, 6) is 2.23. The first-order valence-corrected chi connectivity index (χ1v) is 9.18. The first-order valence-electron chi connectivity index (χ1n) is 5.98.